The summed E-state index contributed by atoms with van der Waals surface area (Å²) < 4.78 is 5.46. The van der Waals surface area contributed by atoms with Gasteiger partial charge in [0.15, 0.2) is 0 Å². The number of rotatable bonds is 6. The minimum absolute atomic E-state index is 0.412. The van der Waals surface area contributed by atoms with Crippen molar-refractivity contribution in [3.05, 3.63) is 23.6 Å². The topological polar surface area (TPSA) is 107 Å². The highest BCUT2D eigenvalue weighted by Crippen LogP contribution is 2.46. The van der Waals surface area contributed by atoms with Crippen molar-refractivity contribution < 1.29 is 24.2 Å². The van der Waals surface area contributed by atoms with Gasteiger partial charge in [-0.3, -0.25) is 9.69 Å². The van der Waals surface area contributed by atoms with Crippen molar-refractivity contribution in [2.24, 2.45) is 5.92 Å². The minimum atomic E-state index is -1.57. The van der Waals surface area contributed by atoms with Crippen molar-refractivity contribution in [3.63, 3.8) is 0 Å². The number of aliphatic carboxylic acids is 1. The minimum Gasteiger partial charge on any atom is -0.480 e. The Kier molecular flexibility index (Phi) is 5.83. The maximum absolute atomic E-state index is 13.5. The molecular weight excluding hydrogens is 418 g/mol. The fourth-order valence-electron chi connectivity index (χ4n) is 4.62. The average Bonchev–Trinajstić information content (AvgIpc) is 3.36. The van der Waals surface area contributed by atoms with Crippen LogP contribution >= 0.6 is 11.3 Å². The van der Waals surface area contributed by atoms with Gasteiger partial charge in [0.2, 0.25) is 12.2 Å². The van der Waals surface area contributed by atoms with Crippen molar-refractivity contribution in [1.29, 1.82) is 0 Å². The summed E-state index contributed by atoms with van der Waals surface area (Å²) in [6.45, 7) is 5.24. The van der Waals surface area contributed by atoms with Crippen LogP contribution in [0, 0.1) is 12.8 Å². The molecule has 2 aromatic rings. The van der Waals surface area contributed by atoms with Crippen LogP contribution in [0.2, 0.25) is 0 Å². The Balaban J connectivity index is 1.76. The first-order valence-electron chi connectivity index (χ1n) is 10.8. The largest absolute Gasteiger partial charge is 0.480 e. The van der Waals surface area contributed by atoms with Crippen LogP contribution in [0.15, 0.2) is 16.9 Å². The van der Waals surface area contributed by atoms with Gasteiger partial charge in [0.1, 0.15) is 16.8 Å². The van der Waals surface area contributed by atoms with Gasteiger partial charge in [0.05, 0.1) is 16.6 Å². The third-order valence-corrected chi connectivity index (χ3v) is 7.90. The lowest BCUT2D eigenvalue weighted by Crippen LogP contribution is -2.65. The monoisotopic (exact) mass is 447 g/mol. The molecule has 1 aliphatic heterocycles. The predicted molar refractivity (Wildman–Crippen MR) is 117 cm³/mol. The van der Waals surface area contributed by atoms with E-state index in [9.17, 15) is 19.8 Å². The van der Waals surface area contributed by atoms with Gasteiger partial charge in [-0.2, -0.15) is 0 Å². The normalized spacial score (nSPS) is 20.3. The number of carbonyl (C=O) groups excluding carboxylic acids is 1. The van der Waals surface area contributed by atoms with E-state index in [2.05, 4.69) is 4.98 Å². The summed E-state index contributed by atoms with van der Waals surface area (Å²) in [5.41, 5.74) is -0.468. The maximum Gasteiger partial charge on any atom is 0.329 e. The molecule has 0 bridgehead atoms. The van der Waals surface area contributed by atoms with Crippen LogP contribution in [0.5, 0.6) is 0 Å². The third kappa shape index (κ3) is 3.74. The lowest BCUT2D eigenvalue weighted by Gasteiger charge is -2.47. The molecule has 1 atom stereocenters. The summed E-state index contributed by atoms with van der Waals surface area (Å²) in [5, 5.41) is 21.7. The molecule has 8 nitrogen and oxygen atoms in total. The second-order valence-corrected chi connectivity index (χ2v) is 9.94. The number of amides is 1. The summed E-state index contributed by atoms with van der Waals surface area (Å²) >= 11 is 1.36. The number of aliphatic hydroxyl groups is 1. The van der Waals surface area contributed by atoms with E-state index < -0.39 is 23.8 Å². The number of hydrogen-bond acceptors (Lipinski definition) is 7. The summed E-state index contributed by atoms with van der Waals surface area (Å²) in [5.74, 6) is -0.669. The van der Waals surface area contributed by atoms with Crippen molar-refractivity contribution in [2.45, 2.75) is 71.2 Å². The smallest absolute Gasteiger partial charge is 0.329 e. The van der Waals surface area contributed by atoms with E-state index in [0.29, 0.717) is 39.4 Å². The fourth-order valence-corrected chi connectivity index (χ4v) is 5.90. The number of aromatic nitrogens is 1. The molecule has 1 unspecified atom stereocenters. The molecule has 168 valence electrons. The number of aliphatic hydroxyl groups excluding tert-OH is 1. The molecule has 0 radical (unpaired) electrons. The highest BCUT2D eigenvalue weighted by atomic mass is 32.1. The number of oxazole rings is 1. The Labute approximate surface area is 185 Å². The second kappa shape index (κ2) is 8.27. The van der Waals surface area contributed by atoms with Crippen LogP contribution in [0.4, 0.5) is 5.00 Å². The first-order valence-corrected chi connectivity index (χ1v) is 11.6. The maximum atomic E-state index is 13.5. The highest BCUT2D eigenvalue weighted by Gasteiger charge is 2.49. The van der Waals surface area contributed by atoms with Gasteiger partial charge in [0, 0.05) is 6.54 Å². The number of carboxylic acid groups (broad SMARTS) is 1. The van der Waals surface area contributed by atoms with Gasteiger partial charge in [-0.05, 0) is 38.7 Å². The van der Waals surface area contributed by atoms with Crippen LogP contribution < -0.4 is 4.90 Å². The van der Waals surface area contributed by atoms with E-state index in [0.717, 1.165) is 11.3 Å². The molecule has 2 aliphatic rings. The molecule has 0 aromatic carbocycles. The zero-order valence-corrected chi connectivity index (χ0v) is 18.9. The molecule has 2 aromatic heterocycles. The molecule has 0 spiro atoms. The number of nitrogens with zero attached hydrogens (tertiary/aromatic N) is 3. The predicted octanol–water partition coefficient (Wildman–Crippen LogP) is 4.08. The van der Waals surface area contributed by atoms with Crippen molar-refractivity contribution in [1.82, 2.24) is 9.88 Å². The fraction of sp³-hybridized carbons (Fsp3) is 0.591. The molecular formula is C22H29N3O5S. The van der Waals surface area contributed by atoms with Gasteiger partial charge < -0.3 is 19.5 Å². The Morgan fingerprint density at radius 2 is 2.03 bits per heavy atom. The molecule has 1 saturated carbocycles. The van der Waals surface area contributed by atoms with Crippen molar-refractivity contribution >= 4 is 28.2 Å². The standard InChI is InChI=1S/C22H29N3O5S/c1-13-15-18(26)25(22(2,3)20(27)28)21(29)24(11-9-14-7-5-4-6-8-14)19(15)31-16(13)17-23-10-12-30-17/h10,12,14,21,29H,4-9,11H2,1-3H3,(H,27,28). The lowest BCUT2D eigenvalue weighted by atomic mass is 9.87. The van der Waals surface area contributed by atoms with Gasteiger partial charge in [-0.15, -0.1) is 11.3 Å². The van der Waals surface area contributed by atoms with Crippen LogP contribution in [-0.2, 0) is 4.79 Å². The molecule has 3 heterocycles. The summed E-state index contributed by atoms with van der Waals surface area (Å²) in [6.07, 6.45) is 8.61. The quantitative estimate of drug-likeness (QED) is 0.687. The van der Waals surface area contributed by atoms with Gasteiger partial charge in [0.25, 0.3) is 5.91 Å². The second-order valence-electron chi connectivity index (χ2n) is 8.95. The van der Waals surface area contributed by atoms with E-state index in [1.807, 2.05) is 6.92 Å². The van der Waals surface area contributed by atoms with Crippen LogP contribution in [0.1, 0.15) is 68.3 Å². The molecule has 31 heavy (non-hydrogen) atoms. The SMILES string of the molecule is Cc1c(-c2ncco2)sc2c1C(=O)N(C(C)(C)C(=O)O)C(O)N2CCC1CCCCC1. The number of carboxylic acids is 1. The van der Waals surface area contributed by atoms with E-state index in [1.54, 1.807) is 11.1 Å². The zero-order chi connectivity index (χ0) is 22.3. The molecule has 1 aliphatic carbocycles. The molecule has 1 amide bonds. The Bertz CT molecular complexity index is 962. The molecule has 1 fully saturated rings. The van der Waals surface area contributed by atoms with E-state index in [-0.39, 0.29) is 0 Å². The first kappa shape index (κ1) is 21.8. The molecule has 4 rings (SSSR count). The van der Waals surface area contributed by atoms with Crippen molar-refractivity contribution in [2.75, 3.05) is 11.4 Å². The third-order valence-electron chi connectivity index (χ3n) is 6.59. The van der Waals surface area contributed by atoms with Gasteiger partial charge in [-0.25, -0.2) is 9.78 Å². The lowest BCUT2D eigenvalue weighted by molar-refractivity contribution is -0.154. The first-order chi connectivity index (χ1) is 14.7. The average molecular weight is 448 g/mol. The summed E-state index contributed by atoms with van der Waals surface area (Å²) in [7, 11) is 0. The summed E-state index contributed by atoms with van der Waals surface area (Å²) in [4.78, 5) is 33.2. The molecule has 2 N–H and O–H groups in total. The number of fused-ring (bicyclic) bond motifs is 1. The van der Waals surface area contributed by atoms with Gasteiger partial charge >= 0.3 is 5.97 Å². The van der Waals surface area contributed by atoms with E-state index in [1.165, 1.54) is 63.6 Å². The molecule has 9 heteroatoms. The highest BCUT2D eigenvalue weighted by molar-refractivity contribution is 7.20. The number of hydrogen-bond donors (Lipinski definition) is 2. The van der Waals surface area contributed by atoms with E-state index >= 15 is 0 Å². The van der Waals surface area contributed by atoms with E-state index in [4.69, 9.17) is 4.42 Å². The number of anilines is 1. The Morgan fingerprint density at radius 1 is 1.32 bits per heavy atom. The van der Waals surface area contributed by atoms with Gasteiger partial charge in [-0.1, -0.05) is 32.1 Å². The Hall–Kier alpha value is -2.39. The Morgan fingerprint density at radius 3 is 2.65 bits per heavy atom. The van der Waals surface area contributed by atoms with Crippen LogP contribution in [0.25, 0.3) is 10.8 Å². The zero-order valence-electron chi connectivity index (χ0n) is 18.1. The molecule has 0 saturated heterocycles. The number of carbonyl (C=O) groups is 2. The van der Waals surface area contributed by atoms with Crippen molar-refractivity contribution in [3.8, 4) is 10.8 Å². The summed E-state index contributed by atoms with van der Waals surface area (Å²) in [6, 6.07) is 0. The van der Waals surface area contributed by atoms with Crippen LogP contribution in [0.3, 0.4) is 0 Å². The van der Waals surface area contributed by atoms with Crippen LogP contribution in [-0.4, -0.2) is 50.4 Å². The number of thiophene rings is 1.